The molecule has 0 spiro atoms. The number of aromatic nitrogens is 1. The molecular weight excluding hydrogens is 276 g/mol. The Balaban J connectivity index is 1.78. The number of fused-ring (bicyclic) bond motifs is 1. The van der Waals surface area contributed by atoms with Gasteiger partial charge in [0.2, 0.25) is 0 Å². The van der Waals surface area contributed by atoms with Crippen LogP contribution in [0.4, 0.5) is 0 Å². The van der Waals surface area contributed by atoms with Gasteiger partial charge in [-0.25, -0.2) is 0 Å². The van der Waals surface area contributed by atoms with Gasteiger partial charge in [0.1, 0.15) is 0 Å². The van der Waals surface area contributed by atoms with Crippen LogP contribution in [0.5, 0.6) is 0 Å². The fraction of sp³-hybridized carbons (Fsp3) is 0.111. The predicted molar refractivity (Wildman–Crippen MR) is 84.9 cm³/mol. The summed E-state index contributed by atoms with van der Waals surface area (Å²) in [6.45, 7) is 0.229. The van der Waals surface area contributed by atoms with Gasteiger partial charge in [-0.05, 0) is 17.7 Å². The Bertz CT molecular complexity index is 787. The summed E-state index contributed by atoms with van der Waals surface area (Å²) < 4.78 is 5.69. The van der Waals surface area contributed by atoms with Gasteiger partial charge in [0.15, 0.2) is 6.10 Å². The molecule has 1 unspecified atom stereocenters. The lowest BCUT2D eigenvalue weighted by Gasteiger charge is -2.14. The molecule has 0 bridgehead atoms. The van der Waals surface area contributed by atoms with Crippen LogP contribution in [0.3, 0.4) is 0 Å². The van der Waals surface area contributed by atoms with E-state index in [0.717, 1.165) is 22.2 Å². The molecule has 3 aromatic rings. The van der Waals surface area contributed by atoms with E-state index in [1.807, 2.05) is 66.7 Å². The normalized spacial score (nSPS) is 12.2. The lowest BCUT2D eigenvalue weighted by molar-refractivity contribution is -0.130. The summed E-state index contributed by atoms with van der Waals surface area (Å²) in [5.41, 5.74) is 7.85. The Morgan fingerprint density at radius 2 is 1.73 bits per heavy atom. The minimum Gasteiger partial charge on any atom is -0.367 e. The van der Waals surface area contributed by atoms with E-state index < -0.39 is 12.0 Å². The SMILES string of the molecule is NC(=O)C(OCc1ccc2ccccc2n1)c1ccccc1. The van der Waals surface area contributed by atoms with Gasteiger partial charge in [-0.2, -0.15) is 0 Å². The fourth-order valence-corrected chi connectivity index (χ4v) is 2.33. The molecule has 4 nitrogen and oxygen atoms in total. The Labute approximate surface area is 128 Å². The number of carbonyl (C=O) groups excluding carboxylic acids is 1. The summed E-state index contributed by atoms with van der Waals surface area (Å²) in [5.74, 6) is -0.507. The number of ether oxygens (including phenoxy) is 1. The van der Waals surface area contributed by atoms with E-state index in [4.69, 9.17) is 10.5 Å². The van der Waals surface area contributed by atoms with Crippen LogP contribution in [-0.2, 0) is 16.1 Å². The number of para-hydroxylation sites is 1. The molecule has 0 radical (unpaired) electrons. The van der Waals surface area contributed by atoms with Crippen molar-refractivity contribution in [2.45, 2.75) is 12.7 Å². The average Bonchev–Trinajstić information content (AvgIpc) is 2.55. The molecule has 0 saturated carbocycles. The second-order valence-corrected chi connectivity index (χ2v) is 5.00. The Morgan fingerprint density at radius 3 is 2.50 bits per heavy atom. The second kappa shape index (κ2) is 6.37. The lowest BCUT2D eigenvalue weighted by Crippen LogP contribution is -2.23. The molecule has 1 heterocycles. The summed E-state index contributed by atoms with van der Waals surface area (Å²) in [6.07, 6.45) is -0.769. The molecular formula is C18H16N2O2. The number of nitrogens with two attached hydrogens (primary N) is 1. The third-order valence-corrected chi connectivity index (χ3v) is 3.41. The molecule has 3 rings (SSSR count). The maximum atomic E-state index is 11.6. The number of hydrogen-bond donors (Lipinski definition) is 1. The van der Waals surface area contributed by atoms with E-state index in [2.05, 4.69) is 4.98 Å². The van der Waals surface area contributed by atoms with E-state index in [1.54, 1.807) is 0 Å². The maximum absolute atomic E-state index is 11.6. The van der Waals surface area contributed by atoms with Gasteiger partial charge in [-0.1, -0.05) is 54.6 Å². The number of nitrogens with zero attached hydrogens (tertiary/aromatic N) is 1. The molecule has 1 amide bonds. The molecule has 0 fully saturated rings. The monoisotopic (exact) mass is 292 g/mol. The summed E-state index contributed by atoms with van der Waals surface area (Å²) in [6, 6.07) is 21.0. The van der Waals surface area contributed by atoms with Crippen molar-refractivity contribution < 1.29 is 9.53 Å². The van der Waals surface area contributed by atoms with Crippen molar-refractivity contribution in [3.05, 3.63) is 78.0 Å². The third-order valence-electron chi connectivity index (χ3n) is 3.41. The van der Waals surface area contributed by atoms with E-state index in [1.165, 1.54) is 0 Å². The average molecular weight is 292 g/mol. The first kappa shape index (κ1) is 14.2. The Kier molecular flexibility index (Phi) is 4.12. The first-order valence-corrected chi connectivity index (χ1v) is 7.04. The van der Waals surface area contributed by atoms with Crippen molar-refractivity contribution >= 4 is 16.8 Å². The predicted octanol–water partition coefficient (Wildman–Crippen LogP) is 2.98. The van der Waals surface area contributed by atoms with Crippen LogP contribution < -0.4 is 5.73 Å². The van der Waals surface area contributed by atoms with Crippen LogP contribution in [0, 0.1) is 0 Å². The van der Waals surface area contributed by atoms with Crippen molar-refractivity contribution in [2.24, 2.45) is 5.73 Å². The topological polar surface area (TPSA) is 65.2 Å². The number of hydrogen-bond acceptors (Lipinski definition) is 3. The highest BCUT2D eigenvalue weighted by atomic mass is 16.5. The first-order valence-electron chi connectivity index (χ1n) is 7.04. The van der Waals surface area contributed by atoms with Gasteiger partial charge in [0.25, 0.3) is 5.91 Å². The molecule has 110 valence electrons. The van der Waals surface area contributed by atoms with Crippen molar-refractivity contribution in [1.29, 1.82) is 0 Å². The number of pyridine rings is 1. The Hall–Kier alpha value is -2.72. The molecule has 22 heavy (non-hydrogen) atoms. The largest absolute Gasteiger partial charge is 0.367 e. The van der Waals surface area contributed by atoms with Crippen LogP contribution in [0.15, 0.2) is 66.7 Å². The van der Waals surface area contributed by atoms with Gasteiger partial charge in [0.05, 0.1) is 17.8 Å². The molecule has 0 aliphatic carbocycles. The minimum atomic E-state index is -0.769. The molecule has 1 atom stereocenters. The molecule has 2 aromatic carbocycles. The van der Waals surface area contributed by atoms with Crippen molar-refractivity contribution in [1.82, 2.24) is 4.98 Å². The van der Waals surface area contributed by atoms with E-state index >= 15 is 0 Å². The maximum Gasteiger partial charge on any atom is 0.251 e. The molecule has 0 aliphatic heterocycles. The molecule has 4 heteroatoms. The van der Waals surface area contributed by atoms with Crippen LogP contribution >= 0.6 is 0 Å². The lowest BCUT2D eigenvalue weighted by atomic mass is 10.1. The van der Waals surface area contributed by atoms with Gasteiger partial charge in [-0.15, -0.1) is 0 Å². The number of rotatable bonds is 5. The third kappa shape index (κ3) is 3.13. The van der Waals surface area contributed by atoms with Gasteiger partial charge >= 0.3 is 0 Å². The Morgan fingerprint density at radius 1 is 1.00 bits per heavy atom. The van der Waals surface area contributed by atoms with E-state index in [-0.39, 0.29) is 6.61 Å². The van der Waals surface area contributed by atoms with Gasteiger partial charge in [-0.3, -0.25) is 9.78 Å². The first-order chi connectivity index (χ1) is 10.7. The number of benzene rings is 2. The van der Waals surface area contributed by atoms with Crippen molar-refractivity contribution in [3.8, 4) is 0 Å². The van der Waals surface area contributed by atoms with Crippen LogP contribution in [0.1, 0.15) is 17.4 Å². The smallest absolute Gasteiger partial charge is 0.251 e. The van der Waals surface area contributed by atoms with Crippen LogP contribution in [-0.4, -0.2) is 10.9 Å². The second-order valence-electron chi connectivity index (χ2n) is 5.00. The highest BCUT2D eigenvalue weighted by molar-refractivity contribution is 5.80. The highest BCUT2D eigenvalue weighted by Gasteiger charge is 2.18. The number of carbonyl (C=O) groups is 1. The molecule has 1 aromatic heterocycles. The minimum absolute atomic E-state index is 0.229. The van der Waals surface area contributed by atoms with Crippen LogP contribution in [0.2, 0.25) is 0 Å². The van der Waals surface area contributed by atoms with Crippen molar-refractivity contribution in [2.75, 3.05) is 0 Å². The van der Waals surface area contributed by atoms with E-state index in [0.29, 0.717) is 0 Å². The quantitative estimate of drug-likeness (QED) is 0.786. The zero-order valence-corrected chi connectivity index (χ0v) is 12.0. The molecule has 0 saturated heterocycles. The summed E-state index contributed by atoms with van der Waals surface area (Å²) in [5, 5.41) is 1.07. The van der Waals surface area contributed by atoms with Crippen molar-refractivity contribution in [3.63, 3.8) is 0 Å². The standard InChI is InChI=1S/C18H16N2O2/c19-18(21)17(14-7-2-1-3-8-14)22-12-15-11-10-13-6-4-5-9-16(13)20-15/h1-11,17H,12H2,(H2,19,21). The van der Waals surface area contributed by atoms with Crippen LogP contribution in [0.25, 0.3) is 10.9 Å². The zero-order chi connectivity index (χ0) is 15.4. The number of amides is 1. The molecule has 0 aliphatic rings. The highest BCUT2D eigenvalue weighted by Crippen LogP contribution is 2.19. The summed E-state index contributed by atoms with van der Waals surface area (Å²) in [4.78, 5) is 16.1. The van der Waals surface area contributed by atoms with Gasteiger partial charge in [0, 0.05) is 5.39 Å². The number of primary amides is 1. The van der Waals surface area contributed by atoms with E-state index in [9.17, 15) is 4.79 Å². The molecule has 2 N–H and O–H groups in total. The summed E-state index contributed by atoms with van der Waals surface area (Å²) in [7, 11) is 0. The summed E-state index contributed by atoms with van der Waals surface area (Å²) >= 11 is 0. The zero-order valence-electron chi connectivity index (χ0n) is 12.0. The van der Waals surface area contributed by atoms with Gasteiger partial charge < -0.3 is 10.5 Å². The fourth-order valence-electron chi connectivity index (χ4n) is 2.33.